The molecule has 39 heavy (non-hydrogen) atoms. The fourth-order valence-electron chi connectivity index (χ4n) is 4.18. The number of carbonyl (C=O) groups is 3. The summed E-state index contributed by atoms with van der Waals surface area (Å²) in [4.78, 5) is 47.6. The number of piperazine rings is 1. The molecule has 0 bridgehead atoms. The van der Waals surface area contributed by atoms with Crippen molar-refractivity contribution in [2.45, 2.75) is 12.1 Å². The van der Waals surface area contributed by atoms with Gasteiger partial charge < -0.3 is 34.4 Å². The molecule has 2 amide bonds. The van der Waals surface area contributed by atoms with Gasteiger partial charge >= 0.3 is 0 Å². The smallest absolute Gasteiger partial charge is 0.236 e. The molecule has 3 aliphatic rings. The molecular weight excluding hydrogens is 519 g/mol. The lowest BCUT2D eigenvalue weighted by Crippen LogP contribution is -2.51. The summed E-state index contributed by atoms with van der Waals surface area (Å²) in [6, 6.07) is 1.84. The van der Waals surface area contributed by atoms with Gasteiger partial charge in [-0.25, -0.2) is 23.2 Å². The van der Waals surface area contributed by atoms with Crippen LogP contribution in [-0.4, -0.2) is 119 Å². The first-order chi connectivity index (χ1) is 18.8. The number of carbonyl (C=O) groups excluding carboxylic acids is 3. The van der Waals surface area contributed by atoms with Crippen molar-refractivity contribution in [1.82, 2.24) is 15.1 Å². The average molecular weight is 552 g/mol. The van der Waals surface area contributed by atoms with Gasteiger partial charge in [0.1, 0.15) is 30.8 Å². The van der Waals surface area contributed by atoms with Gasteiger partial charge in [0.25, 0.3) is 0 Å². The molecule has 0 radical (unpaired) electrons. The number of nitrogens with zero attached hydrogens (tertiary/aromatic N) is 6. The molecule has 11 nitrogen and oxygen atoms in total. The quantitative estimate of drug-likeness (QED) is 0.424. The van der Waals surface area contributed by atoms with Crippen LogP contribution in [0.4, 0.5) is 24.5 Å². The Hall–Kier alpha value is -3.78. The molecule has 1 N–H and O–H groups in total. The van der Waals surface area contributed by atoms with Gasteiger partial charge in [-0.2, -0.15) is 0 Å². The first-order valence-corrected chi connectivity index (χ1v) is 12.3. The molecule has 3 heterocycles. The summed E-state index contributed by atoms with van der Waals surface area (Å²) in [6.45, 7) is 1.12. The van der Waals surface area contributed by atoms with Crippen LogP contribution in [0.1, 0.15) is 0 Å². The Morgan fingerprint density at radius 1 is 1.23 bits per heavy atom. The number of nitrogens with one attached hydrogen (secondary N) is 1. The lowest BCUT2D eigenvalue weighted by Gasteiger charge is -2.36. The zero-order chi connectivity index (χ0) is 28.4. The number of anilines is 2. The SMILES string of the molecule is CNCC(=O)N1CCN(c2c(F)cc(N(C=O)CC(CF)OC)cc2F)CC1.O=CC1CN2C=CC=NC2=N1. The molecule has 2 unspecified atom stereocenters. The standard InChI is InChI=1S/C18H25F3N4O3.C7H7N3O/c1-22-10-17(27)23-3-5-24(6-4-23)18-15(20)7-13(8-16(18)21)25(12-26)11-14(9-19)28-2;11-5-6-4-10-3-1-2-8-7(10)9-6/h7-8,12,14,22H,3-6,9-11H2,1-2H3;1-3,5-6H,4H2. The minimum Gasteiger partial charge on any atom is -0.377 e. The zero-order valence-electron chi connectivity index (χ0n) is 21.8. The third-order valence-electron chi connectivity index (χ3n) is 6.26. The van der Waals surface area contributed by atoms with E-state index >= 15 is 0 Å². The topological polar surface area (TPSA) is 110 Å². The Labute approximate surface area is 224 Å². The number of hydrogen-bond acceptors (Lipinski definition) is 9. The van der Waals surface area contributed by atoms with Crippen molar-refractivity contribution >= 4 is 42.2 Å². The van der Waals surface area contributed by atoms with Crippen LogP contribution in [0.5, 0.6) is 0 Å². The Morgan fingerprint density at radius 3 is 2.46 bits per heavy atom. The Kier molecular flexibility index (Phi) is 11.0. The summed E-state index contributed by atoms with van der Waals surface area (Å²) in [5.74, 6) is -1.08. The summed E-state index contributed by atoms with van der Waals surface area (Å²) in [6.07, 6.45) is 5.69. The third-order valence-corrected chi connectivity index (χ3v) is 6.26. The number of rotatable bonds is 10. The van der Waals surface area contributed by atoms with Gasteiger partial charge in [0.2, 0.25) is 18.3 Å². The van der Waals surface area contributed by atoms with E-state index in [0.29, 0.717) is 32.0 Å². The van der Waals surface area contributed by atoms with E-state index in [2.05, 4.69) is 15.3 Å². The van der Waals surface area contributed by atoms with E-state index in [-0.39, 0.29) is 49.5 Å². The van der Waals surface area contributed by atoms with Crippen LogP contribution >= 0.6 is 0 Å². The van der Waals surface area contributed by atoms with Gasteiger partial charge in [-0.3, -0.25) is 9.59 Å². The molecule has 1 aromatic rings. The molecule has 1 saturated heterocycles. The molecule has 2 atom stereocenters. The maximum Gasteiger partial charge on any atom is 0.236 e. The number of allylic oxidation sites excluding steroid dienone is 1. The lowest BCUT2D eigenvalue weighted by atomic mass is 10.2. The highest BCUT2D eigenvalue weighted by molar-refractivity contribution is 5.96. The number of benzene rings is 1. The first-order valence-electron chi connectivity index (χ1n) is 12.3. The third kappa shape index (κ3) is 7.63. The van der Waals surface area contributed by atoms with Crippen molar-refractivity contribution in [3.05, 3.63) is 36.0 Å². The van der Waals surface area contributed by atoms with Gasteiger partial charge in [-0.05, 0) is 25.3 Å². The van der Waals surface area contributed by atoms with E-state index < -0.39 is 24.4 Å². The normalized spacial score (nSPS) is 18.6. The number of hydrogen-bond donors (Lipinski definition) is 1. The molecular formula is C25H32F3N7O4. The predicted molar refractivity (Wildman–Crippen MR) is 141 cm³/mol. The molecule has 0 aliphatic carbocycles. The van der Waals surface area contributed by atoms with E-state index in [4.69, 9.17) is 4.74 Å². The number of alkyl halides is 1. The van der Waals surface area contributed by atoms with Gasteiger partial charge in [0.15, 0.2) is 11.6 Å². The van der Waals surface area contributed by atoms with E-state index in [1.54, 1.807) is 18.2 Å². The van der Waals surface area contributed by atoms with Crippen molar-refractivity contribution in [3.8, 4) is 0 Å². The second kappa shape index (κ2) is 14.4. The molecule has 4 rings (SSSR count). The second-order valence-corrected chi connectivity index (χ2v) is 8.83. The van der Waals surface area contributed by atoms with Crippen LogP contribution in [0.2, 0.25) is 0 Å². The van der Waals surface area contributed by atoms with Crippen molar-refractivity contribution in [3.63, 3.8) is 0 Å². The first kappa shape index (κ1) is 29.8. The van der Waals surface area contributed by atoms with Crippen molar-refractivity contribution in [2.24, 2.45) is 9.98 Å². The summed E-state index contributed by atoms with van der Waals surface area (Å²) < 4.78 is 47.0. The van der Waals surface area contributed by atoms with Gasteiger partial charge in [0.05, 0.1) is 19.6 Å². The number of likely N-dealkylation sites (N-methyl/N-ethyl adjacent to an activating group) is 1. The van der Waals surface area contributed by atoms with Crippen LogP contribution in [0.25, 0.3) is 0 Å². The molecule has 0 spiro atoms. The van der Waals surface area contributed by atoms with Crippen molar-refractivity contribution in [2.75, 3.05) is 76.4 Å². The largest absolute Gasteiger partial charge is 0.377 e. The molecule has 0 aromatic heterocycles. The maximum atomic E-state index is 14.6. The monoisotopic (exact) mass is 551 g/mol. The number of amides is 2. The summed E-state index contributed by atoms with van der Waals surface area (Å²) in [5, 5.41) is 2.78. The number of guanidine groups is 1. The summed E-state index contributed by atoms with van der Waals surface area (Å²) in [7, 11) is 2.96. The lowest BCUT2D eigenvalue weighted by molar-refractivity contribution is -0.130. The maximum absolute atomic E-state index is 14.6. The van der Waals surface area contributed by atoms with Gasteiger partial charge in [0, 0.05) is 51.4 Å². The molecule has 3 aliphatic heterocycles. The molecule has 14 heteroatoms. The number of fused-ring (bicyclic) bond motifs is 1. The number of ether oxygens (including phenoxy) is 1. The average Bonchev–Trinajstić information content (AvgIpc) is 3.38. The highest BCUT2D eigenvalue weighted by atomic mass is 19.1. The van der Waals surface area contributed by atoms with E-state index in [9.17, 15) is 27.6 Å². The highest BCUT2D eigenvalue weighted by Crippen LogP contribution is 2.29. The molecule has 1 fully saturated rings. The summed E-state index contributed by atoms with van der Waals surface area (Å²) >= 11 is 0. The van der Waals surface area contributed by atoms with Crippen LogP contribution in [0.3, 0.4) is 0 Å². The fraction of sp³-hybridized carbons (Fsp3) is 0.480. The number of methoxy groups -OCH3 is 1. The van der Waals surface area contributed by atoms with Crippen LogP contribution in [0, 0.1) is 11.6 Å². The van der Waals surface area contributed by atoms with E-state index in [1.165, 1.54) is 12.0 Å². The van der Waals surface area contributed by atoms with Crippen molar-refractivity contribution in [1.29, 1.82) is 0 Å². The fourth-order valence-corrected chi connectivity index (χ4v) is 4.18. The van der Waals surface area contributed by atoms with Crippen LogP contribution in [-0.2, 0) is 19.1 Å². The Balaban J connectivity index is 0.000000314. The number of aliphatic imine (C=N–C) groups is 2. The summed E-state index contributed by atoms with van der Waals surface area (Å²) in [5.41, 5.74) is -0.226. The van der Waals surface area contributed by atoms with Crippen LogP contribution < -0.4 is 15.1 Å². The van der Waals surface area contributed by atoms with Crippen LogP contribution in [0.15, 0.2) is 34.4 Å². The van der Waals surface area contributed by atoms with Crippen molar-refractivity contribution < 1.29 is 32.3 Å². The number of aldehydes is 1. The zero-order valence-corrected chi connectivity index (χ0v) is 21.8. The Morgan fingerprint density at radius 2 is 1.92 bits per heavy atom. The van der Waals surface area contributed by atoms with E-state index in [0.717, 1.165) is 23.3 Å². The minimum atomic E-state index is -0.890. The highest BCUT2D eigenvalue weighted by Gasteiger charge is 2.26. The molecule has 212 valence electrons. The van der Waals surface area contributed by atoms with Gasteiger partial charge in [-0.1, -0.05) is 0 Å². The molecule has 1 aromatic carbocycles. The predicted octanol–water partition coefficient (Wildman–Crippen LogP) is 0.604. The number of halogens is 3. The molecule has 0 saturated carbocycles. The van der Waals surface area contributed by atoms with E-state index in [1.807, 2.05) is 17.2 Å². The second-order valence-electron chi connectivity index (χ2n) is 8.83. The van der Waals surface area contributed by atoms with Gasteiger partial charge in [-0.15, -0.1) is 0 Å². The minimum absolute atomic E-state index is 0.0212. The Bertz CT molecular complexity index is 1080.